The molecule has 4 aromatic rings. The third kappa shape index (κ3) is 2.97. The van der Waals surface area contributed by atoms with Crippen LogP contribution < -0.4 is 5.32 Å². The van der Waals surface area contributed by atoms with Crippen LogP contribution in [0.5, 0.6) is 0 Å². The van der Waals surface area contributed by atoms with Gasteiger partial charge in [-0.3, -0.25) is 0 Å². The van der Waals surface area contributed by atoms with Crippen LogP contribution in [-0.2, 0) is 0 Å². The fourth-order valence-corrected chi connectivity index (χ4v) is 5.21. The number of nitrogens with zero attached hydrogens (tertiary/aromatic N) is 3. The first-order valence-corrected chi connectivity index (χ1v) is 10.5. The minimum absolute atomic E-state index is 0.181. The Morgan fingerprint density at radius 1 is 1.21 bits per heavy atom. The fraction of sp³-hybridized carbons (Fsp3) is 0.200. The van der Waals surface area contributed by atoms with Crippen molar-refractivity contribution in [3.8, 4) is 0 Å². The van der Waals surface area contributed by atoms with Crippen LogP contribution in [0.4, 0.5) is 20.2 Å². The fourth-order valence-electron chi connectivity index (χ4n) is 3.46. The highest BCUT2D eigenvalue weighted by molar-refractivity contribution is 7.19. The van der Waals surface area contributed by atoms with Crippen molar-refractivity contribution < 1.29 is 8.78 Å². The standard InChI is InChI=1S/C20H16F2N4S2/c1-26-6-2-3-11(9-26)15-7-12-14(4-5-23-20(12)28-15)25-18-13(21)8-16-19(17(18)22)24-10-27-16/h3-5,7-8,10H,2,6,9H2,1H3,(H,23,25). The maximum absolute atomic E-state index is 14.8. The molecule has 0 saturated heterocycles. The summed E-state index contributed by atoms with van der Waals surface area (Å²) >= 11 is 2.81. The highest BCUT2D eigenvalue weighted by Gasteiger charge is 2.19. The number of benzene rings is 1. The van der Waals surface area contributed by atoms with Gasteiger partial charge >= 0.3 is 0 Å². The van der Waals surface area contributed by atoms with E-state index in [1.807, 2.05) is 0 Å². The average molecular weight is 415 g/mol. The van der Waals surface area contributed by atoms with Gasteiger partial charge in [0.15, 0.2) is 11.6 Å². The Labute approximate surface area is 168 Å². The van der Waals surface area contributed by atoms with Gasteiger partial charge in [-0.1, -0.05) is 6.08 Å². The number of pyridine rings is 1. The van der Waals surface area contributed by atoms with Crippen LogP contribution in [0.1, 0.15) is 11.3 Å². The number of likely N-dealkylation sites (N-methyl/N-ethyl adjacent to an activating group) is 1. The molecular formula is C20H16F2N4S2. The molecule has 4 nitrogen and oxygen atoms in total. The van der Waals surface area contributed by atoms with Crippen molar-refractivity contribution in [2.45, 2.75) is 6.42 Å². The van der Waals surface area contributed by atoms with Gasteiger partial charge in [-0.05, 0) is 37.2 Å². The number of hydrogen-bond donors (Lipinski definition) is 1. The van der Waals surface area contributed by atoms with E-state index in [1.54, 1.807) is 23.6 Å². The van der Waals surface area contributed by atoms with Crippen LogP contribution >= 0.6 is 22.7 Å². The molecule has 28 heavy (non-hydrogen) atoms. The minimum Gasteiger partial charge on any atom is -0.350 e. The number of fused-ring (bicyclic) bond motifs is 2. The van der Waals surface area contributed by atoms with Crippen LogP contribution in [0.15, 0.2) is 36.0 Å². The highest BCUT2D eigenvalue weighted by Crippen LogP contribution is 2.37. The quantitative estimate of drug-likeness (QED) is 0.471. The van der Waals surface area contributed by atoms with Crippen LogP contribution in [0.25, 0.3) is 26.0 Å². The van der Waals surface area contributed by atoms with Gasteiger partial charge < -0.3 is 10.2 Å². The Balaban J connectivity index is 1.58. The van der Waals surface area contributed by atoms with Gasteiger partial charge in [-0.15, -0.1) is 22.7 Å². The smallest absolute Gasteiger partial charge is 0.176 e. The Morgan fingerprint density at radius 2 is 2.11 bits per heavy atom. The zero-order valence-corrected chi connectivity index (χ0v) is 16.6. The molecular weight excluding hydrogens is 398 g/mol. The molecule has 5 rings (SSSR count). The van der Waals surface area contributed by atoms with E-state index < -0.39 is 11.6 Å². The van der Waals surface area contributed by atoms with Crippen LogP contribution in [0.3, 0.4) is 0 Å². The molecule has 3 aromatic heterocycles. The van der Waals surface area contributed by atoms with E-state index in [0.717, 1.165) is 34.6 Å². The third-order valence-electron chi connectivity index (χ3n) is 4.87. The topological polar surface area (TPSA) is 41.0 Å². The second-order valence-electron chi connectivity index (χ2n) is 6.82. The van der Waals surface area contributed by atoms with Gasteiger partial charge in [0.2, 0.25) is 0 Å². The number of aromatic nitrogens is 2. The molecule has 8 heteroatoms. The molecule has 0 unspecified atom stereocenters. The highest BCUT2D eigenvalue weighted by atomic mass is 32.1. The molecule has 1 aromatic carbocycles. The summed E-state index contributed by atoms with van der Waals surface area (Å²) in [5.41, 5.74) is 3.41. The second kappa shape index (κ2) is 6.88. The lowest BCUT2D eigenvalue weighted by Gasteiger charge is -2.22. The SMILES string of the molecule is CN1CCC=C(c2cc3c(Nc4c(F)cc5scnc5c4F)ccnc3s2)C1. The number of thiazole rings is 1. The second-order valence-corrected chi connectivity index (χ2v) is 8.73. The van der Waals surface area contributed by atoms with Crippen molar-refractivity contribution in [2.75, 3.05) is 25.5 Å². The number of hydrogen-bond acceptors (Lipinski definition) is 6. The van der Waals surface area contributed by atoms with E-state index in [1.165, 1.54) is 28.5 Å². The van der Waals surface area contributed by atoms with Crippen LogP contribution in [0.2, 0.25) is 0 Å². The van der Waals surface area contributed by atoms with Crippen molar-refractivity contribution in [3.63, 3.8) is 0 Å². The monoisotopic (exact) mass is 414 g/mol. The number of rotatable bonds is 3. The summed E-state index contributed by atoms with van der Waals surface area (Å²) < 4.78 is 29.8. The van der Waals surface area contributed by atoms with Gasteiger partial charge in [0.05, 0.1) is 15.9 Å². The predicted molar refractivity (Wildman–Crippen MR) is 113 cm³/mol. The summed E-state index contributed by atoms with van der Waals surface area (Å²) in [6, 6.07) is 5.11. The largest absolute Gasteiger partial charge is 0.350 e. The first kappa shape index (κ1) is 17.7. The Bertz CT molecular complexity index is 1230. The average Bonchev–Trinajstić information content (AvgIpc) is 3.32. The first-order valence-electron chi connectivity index (χ1n) is 8.85. The molecule has 1 aliphatic rings. The zero-order valence-electron chi connectivity index (χ0n) is 15.0. The maximum atomic E-state index is 14.8. The van der Waals surface area contributed by atoms with Crippen molar-refractivity contribution in [2.24, 2.45) is 0 Å². The summed E-state index contributed by atoms with van der Waals surface area (Å²) in [4.78, 5) is 12.7. The molecule has 0 amide bonds. The minimum atomic E-state index is -0.673. The van der Waals surface area contributed by atoms with Crippen molar-refractivity contribution >= 4 is 60.1 Å². The van der Waals surface area contributed by atoms with Gasteiger partial charge in [0.1, 0.15) is 16.0 Å². The van der Waals surface area contributed by atoms with Gasteiger partial charge in [-0.25, -0.2) is 18.7 Å². The van der Waals surface area contributed by atoms with Crippen molar-refractivity contribution in [3.05, 3.63) is 52.5 Å². The molecule has 0 fully saturated rings. The van der Waals surface area contributed by atoms with Crippen LogP contribution in [-0.4, -0.2) is 35.0 Å². The van der Waals surface area contributed by atoms with Crippen molar-refractivity contribution in [1.82, 2.24) is 14.9 Å². The zero-order chi connectivity index (χ0) is 19.3. The summed E-state index contributed by atoms with van der Waals surface area (Å²) in [5, 5.41) is 3.80. The summed E-state index contributed by atoms with van der Waals surface area (Å²) in [5.74, 6) is -1.31. The van der Waals surface area contributed by atoms with E-state index >= 15 is 0 Å². The van der Waals surface area contributed by atoms with Crippen LogP contribution in [0, 0.1) is 11.6 Å². The maximum Gasteiger partial charge on any atom is 0.176 e. The van der Waals surface area contributed by atoms with Gasteiger partial charge in [-0.2, -0.15) is 0 Å². The van der Waals surface area contributed by atoms with E-state index in [0.29, 0.717) is 10.4 Å². The van der Waals surface area contributed by atoms with Gasteiger partial charge in [0, 0.05) is 29.5 Å². The summed E-state index contributed by atoms with van der Waals surface area (Å²) in [6.45, 7) is 1.94. The Hall–Kier alpha value is -2.42. The Kier molecular flexibility index (Phi) is 4.34. The molecule has 0 radical (unpaired) electrons. The van der Waals surface area contributed by atoms with Gasteiger partial charge in [0.25, 0.3) is 0 Å². The van der Waals surface area contributed by atoms with E-state index in [9.17, 15) is 8.78 Å². The first-order chi connectivity index (χ1) is 13.6. The lowest BCUT2D eigenvalue weighted by molar-refractivity contribution is 0.373. The third-order valence-corrected chi connectivity index (χ3v) is 6.77. The lowest BCUT2D eigenvalue weighted by atomic mass is 10.1. The van der Waals surface area contributed by atoms with E-state index in [4.69, 9.17) is 0 Å². The van der Waals surface area contributed by atoms with E-state index in [-0.39, 0.29) is 11.2 Å². The molecule has 0 spiro atoms. The molecule has 0 saturated carbocycles. The lowest BCUT2D eigenvalue weighted by Crippen LogP contribution is -2.24. The normalized spacial score (nSPS) is 15.3. The summed E-state index contributed by atoms with van der Waals surface area (Å²) in [6.07, 6.45) is 4.93. The predicted octanol–water partition coefficient (Wildman–Crippen LogP) is 5.65. The Morgan fingerprint density at radius 3 is 2.96 bits per heavy atom. The molecule has 0 bridgehead atoms. The molecule has 0 atom stereocenters. The number of halogens is 2. The van der Waals surface area contributed by atoms with E-state index in [2.05, 4.69) is 39.4 Å². The molecule has 4 heterocycles. The number of nitrogens with one attached hydrogen (secondary N) is 1. The molecule has 1 N–H and O–H groups in total. The molecule has 1 aliphatic heterocycles. The number of thiophene rings is 1. The summed E-state index contributed by atoms with van der Waals surface area (Å²) in [7, 11) is 2.10. The molecule has 0 aliphatic carbocycles. The molecule has 142 valence electrons. The number of anilines is 2. The van der Waals surface area contributed by atoms with Crippen molar-refractivity contribution in [1.29, 1.82) is 0 Å².